The molecule has 0 aliphatic heterocycles. The molecule has 0 amide bonds. The number of fused-ring (bicyclic) bond motifs is 1. The van der Waals surface area contributed by atoms with Crippen LogP contribution in [0.2, 0.25) is 0 Å². The molecular formula is C13H17N3. The lowest BCUT2D eigenvalue weighted by atomic mass is 9.70. The number of anilines is 1. The van der Waals surface area contributed by atoms with Crippen LogP contribution in [0.1, 0.15) is 26.2 Å². The second-order valence-electron chi connectivity index (χ2n) is 5.21. The molecule has 16 heavy (non-hydrogen) atoms. The van der Waals surface area contributed by atoms with Crippen molar-refractivity contribution in [2.24, 2.45) is 5.41 Å². The molecule has 3 heteroatoms. The highest BCUT2D eigenvalue weighted by atomic mass is 15.2. The Bertz CT molecular complexity index is 523. The standard InChI is InChI=1S/C13H17N3/c1-13(7-4-8-13)9-16-11-6-3-2-5-10(11)15-12(16)14/h2-3,5-6H,4,7-9H2,1H3,(H2,14,15). The van der Waals surface area contributed by atoms with Gasteiger partial charge in [0.05, 0.1) is 11.0 Å². The Morgan fingerprint density at radius 1 is 1.38 bits per heavy atom. The Morgan fingerprint density at radius 2 is 2.12 bits per heavy atom. The quantitative estimate of drug-likeness (QED) is 0.837. The van der Waals surface area contributed by atoms with Crippen LogP contribution in [0.4, 0.5) is 5.95 Å². The van der Waals surface area contributed by atoms with Gasteiger partial charge in [-0.05, 0) is 30.4 Å². The molecule has 2 N–H and O–H groups in total. The highest BCUT2D eigenvalue weighted by molar-refractivity contribution is 5.78. The van der Waals surface area contributed by atoms with Crippen molar-refractivity contribution in [3.8, 4) is 0 Å². The van der Waals surface area contributed by atoms with Crippen LogP contribution >= 0.6 is 0 Å². The summed E-state index contributed by atoms with van der Waals surface area (Å²) in [6.07, 6.45) is 3.96. The van der Waals surface area contributed by atoms with E-state index < -0.39 is 0 Å². The molecule has 1 aromatic carbocycles. The van der Waals surface area contributed by atoms with Crippen molar-refractivity contribution in [3.63, 3.8) is 0 Å². The molecule has 1 saturated carbocycles. The molecule has 1 aromatic heterocycles. The molecule has 3 nitrogen and oxygen atoms in total. The summed E-state index contributed by atoms with van der Waals surface area (Å²) in [5.74, 6) is 0.648. The normalized spacial score (nSPS) is 18.6. The molecule has 3 rings (SSSR count). The van der Waals surface area contributed by atoms with Gasteiger partial charge in [-0.15, -0.1) is 0 Å². The van der Waals surface area contributed by atoms with Crippen LogP contribution in [0.15, 0.2) is 24.3 Å². The molecule has 1 aliphatic rings. The van der Waals surface area contributed by atoms with Gasteiger partial charge >= 0.3 is 0 Å². The van der Waals surface area contributed by atoms with Crippen molar-refractivity contribution >= 4 is 17.0 Å². The Kier molecular flexibility index (Phi) is 1.96. The van der Waals surface area contributed by atoms with Crippen molar-refractivity contribution < 1.29 is 0 Å². The number of hydrogen-bond donors (Lipinski definition) is 1. The van der Waals surface area contributed by atoms with Gasteiger partial charge in [0.15, 0.2) is 0 Å². The van der Waals surface area contributed by atoms with E-state index in [9.17, 15) is 0 Å². The van der Waals surface area contributed by atoms with Crippen molar-refractivity contribution in [1.29, 1.82) is 0 Å². The minimum atomic E-state index is 0.428. The minimum absolute atomic E-state index is 0.428. The lowest BCUT2D eigenvalue weighted by Crippen LogP contribution is -2.31. The van der Waals surface area contributed by atoms with E-state index in [0.29, 0.717) is 11.4 Å². The third-order valence-electron chi connectivity index (χ3n) is 3.78. The first-order valence-electron chi connectivity index (χ1n) is 5.89. The van der Waals surface area contributed by atoms with Crippen LogP contribution in [0, 0.1) is 5.41 Å². The van der Waals surface area contributed by atoms with Crippen LogP contribution in [0.5, 0.6) is 0 Å². The zero-order valence-corrected chi connectivity index (χ0v) is 9.61. The number of nitrogens with two attached hydrogens (primary N) is 1. The highest BCUT2D eigenvalue weighted by Crippen LogP contribution is 2.42. The van der Waals surface area contributed by atoms with Gasteiger partial charge < -0.3 is 10.3 Å². The zero-order chi connectivity index (χ0) is 11.2. The van der Waals surface area contributed by atoms with E-state index in [1.165, 1.54) is 19.3 Å². The average Bonchev–Trinajstić information content (AvgIpc) is 2.53. The summed E-state index contributed by atoms with van der Waals surface area (Å²) in [6.45, 7) is 3.34. The van der Waals surface area contributed by atoms with Gasteiger partial charge in [0.2, 0.25) is 5.95 Å². The first-order valence-corrected chi connectivity index (χ1v) is 5.89. The number of para-hydroxylation sites is 2. The molecule has 1 heterocycles. The second-order valence-corrected chi connectivity index (χ2v) is 5.21. The van der Waals surface area contributed by atoms with Crippen molar-refractivity contribution in [2.45, 2.75) is 32.7 Å². The topological polar surface area (TPSA) is 43.8 Å². The van der Waals surface area contributed by atoms with E-state index in [4.69, 9.17) is 5.73 Å². The Hall–Kier alpha value is -1.51. The van der Waals surface area contributed by atoms with Gasteiger partial charge in [0, 0.05) is 6.54 Å². The minimum Gasteiger partial charge on any atom is -0.369 e. The number of benzene rings is 1. The van der Waals surface area contributed by atoms with Gasteiger partial charge in [0.1, 0.15) is 0 Å². The molecule has 0 saturated heterocycles. The molecule has 0 bridgehead atoms. The molecule has 2 aromatic rings. The largest absolute Gasteiger partial charge is 0.369 e. The van der Waals surface area contributed by atoms with E-state index in [2.05, 4.69) is 22.5 Å². The Morgan fingerprint density at radius 3 is 2.81 bits per heavy atom. The van der Waals surface area contributed by atoms with Gasteiger partial charge in [-0.25, -0.2) is 4.98 Å². The van der Waals surface area contributed by atoms with E-state index in [1.807, 2.05) is 18.2 Å². The first kappa shape index (κ1) is 9.70. The predicted molar refractivity (Wildman–Crippen MR) is 66.1 cm³/mol. The number of rotatable bonds is 2. The lowest BCUT2D eigenvalue weighted by molar-refractivity contribution is 0.135. The number of nitrogen functional groups attached to an aromatic ring is 1. The summed E-state index contributed by atoms with van der Waals surface area (Å²) >= 11 is 0. The lowest BCUT2D eigenvalue weighted by Gasteiger charge is -2.38. The fourth-order valence-corrected chi connectivity index (χ4v) is 2.58. The van der Waals surface area contributed by atoms with Crippen LogP contribution in [-0.2, 0) is 6.54 Å². The fraction of sp³-hybridized carbons (Fsp3) is 0.462. The molecule has 84 valence electrons. The molecule has 0 radical (unpaired) electrons. The van der Waals surface area contributed by atoms with Crippen molar-refractivity contribution in [3.05, 3.63) is 24.3 Å². The molecule has 0 spiro atoms. The third-order valence-corrected chi connectivity index (χ3v) is 3.78. The van der Waals surface area contributed by atoms with Crippen LogP contribution < -0.4 is 5.73 Å². The van der Waals surface area contributed by atoms with E-state index in [1.54, 1.807) is 0 Å². The maximum Gasteiger partial charge on any atom is 0.201 e. The summed E-state index contributed by atoms with van der Waals surface area (Å²) in [5, 5.41) is 0. The summed E-state index contributed by atoms with van der Waals surface area (Å²) in [7, 11) is 0. The number of nitrogens with zero attached hydrogens (tertiary/aromatic N) is 2. The molecule has 1 fully saturated rings. The smallest absolute Gasteiger partial charge is 0.201 e. The molecule has 1 aliphatic carbocycles. The van der Waals surface area contributed by atoms with Crippen LogP contribution in [0.3, 0.4) is 0 Å². The maximum absolute atomic E-state index is 5.99. The van der Waals surface area contributed by atoms with Crippen LogP contribution in [-0.4, -0.2) is 9.55 Å². The zero-order valence-electron chi connectivity index (χ0n) is 9.61. The fourth-order valence-electron chi connectivity index (χ4n) is 2.58. The average molecular weight is 215 g/mol. The van der Waals surface area contributed by atoms with Crippen molar-refractivity contribution in [1.82, 2.24) is 9.55 Å². The van der Waals surface area contributed by atoms with Gasteiger partial charge in [-0.1, -0.05) is 25.5 Å². The summed E-state index contributed by atoms with van der Waals surface area (Å²) < 4.78 is 2.16. The molecular weight excluding hydrogens is 198 g/mol. The monoisotopic (exact) mass is 215 g/mol. The highest BCUT2D eigenvalue weighted by Gasteiger charge is 2.32. The predicted octanol–water partition coefficient (Wildman–Crippen LogP) is 2.81. The first-order chi connectivity index (χ1) is 7.68. The SMILES string of the molecule is CC1(Cn2c(N)nc3ccccc32)CCC1. The van der Waals surface area contributed by atoms with Crippen LogP contribution in [0.25, 0.3) is 11.0 Å². The van der Waals surface area contributed by atoms with Crippen molar-refractivity contribution in [2.75, 3.05) is 5.73 Å². The number of imidazole rings is 1. The maximum atomic E-state index is 5.99. The van der Waals surface area contributed by atoms with E-state index >= 15 is 0 Å². The Labute approximate surface area is 95.3 Å². The van der Waals surface area contributed by atoms with Gasteiger partial charge in [-0.2, -0.15) is 0 Å². The number of aromatic nitrogens is 2. The van der Waals surface area contributed by atoms with Gasteiger partial charge in [-0.3, -0.25) is 0 Å². The Balaban J connectivity index is 2.05. The third kappa shape index (κ3) is 1.39. The summed E-state index contributed by atoms with van der Waals surface area (Å²) in [6, 6.07) is 8.17. The second kappa shape index (κ2) is 3.24. The molecule has 0 unspecified atom stereocenters. The van der Waals surface area contributed by atoms with E-state index in [0.717, 1.165) is 17.6 Å². The van der Waals surface area contributed by atoms with E-state index in [-0.39, 0.29) is 0 Å². The van der Waals surface area contributed by atoms with Gasteiger partial charge in [0.25, 0.3) is 0 Å². The summed E-state index contributed by atoms with van der Waals surface area (Å²) in [4.78, 5) is 4.40. The summed E-state index contributed by atoms with van der Waals surface area (Å²) in [5.41, 5.74) is 8.58. The molecule has 0 atom stereocenters. The number of hydrogen-bond acceptors (Lipinski definition) is 2.